The molecule has 1 heterocycles. The molecule has 0 aliphatic rings. The summed E-state index contributed by atoms with van der Waals surface area (Å²) < 4.78 is 10.2. The Morgan fingerprint density at radius 2 is 2.06 bits per heavy atom. The molecular weight excluding hydrogens is 218 g/mol. The van der Waals surface area contributed by atoms with Crippen molar-refractivity contribution >= 4 is 0 Å². The molecule has 5 nitrogen and oxygen atoms in total. The van der Waals surface area contributed by atoms with Crippen LogP contribution in [0.15, 0.2) is 28.8 Å². The third kappa shape index (κ3) is 3.04. The van der Waals surface area contributed by atoms with Crippen LogP contribution in [0.4, 0.5) is 0 Å². The molecule has 17 heavy (non-hydrogen) atoms. The van der Waals surface area contributed by atoms with E-state index in [2.05, 4.69) is 15.5 Å². The van der Waals surface area contributed by atoms with Gasteiger partial charge in [-0.25, -0.2) is 0 Å². The van der Waals surface area contributed by atoms with Gasteiger partial charge in [0, 0.05) is 6.42 Å². The van der Waals surface area contributed by atoms with Crippen LogP contribution in [0.2, 0.25) is 0 Å². The van der Waals surface area contributed by atoms with Crippen molar-refractivity contribution in [2.45, 2.75) is 13.0 Å². The Hall–Kier alpha value is -1.88. The summed E-state index contributed by atoms with van der Waals surface area (Å²) in [5, 5.41) is 6.88. The molecule has 0 atom stereocenters. The highest BCUT2D eigenvalue weighted by atomic mass is 16.5. The van der Waals surface area contributed by atoms with Crippen LogP contribution in [-0.4, -0.2) is 24.3 Å². The van der Waals surface area contributed by atoms with Gasteiger partial charge in [-0.2, -0.15) is 4.98 Å². The Morgan fingerprint density at radius 3 is 2.71 bits per heavy atom. The molecule has 0 spiro atoms. The van der Waals surface area contributed by atoms with Gasteiger partial charge in [0.15, 0.2) is 5.82 Å². The normalized spacial score (nSPS) is 10.5. The molecule has 0 saturated heterocycles. The zero-order valence-electron chi connectivity index (χ0n) is 9.93. The number of benzene rings is 1. The average molecular weight is 233 g/mol. The van der Waals surface area contributed by atoms with Gasteiger partial charge in [-0.05, 0) is 24.7 Å². The number of nitrogens with one attached hydrogen (secondary N) is 1. The van der Waals surface area contributed by atoms with Crippen molar-refractivity contribution in [1.82, 2.24) is 15.5 Å². The maximum atomic E-state index is 5.10. The summed E-state index contributed by atoms with van der Waals surface area (Å²) in [6, 6.07) is 7.83. The summed E-state index contributed by atoms with van der Waals surface area (Å²) in [6.07, 6.45) is 0.664. The van der Waals surface area contributed by atoms with Crippen LogP contribution in [0.1, 0.15) is 17.3 Å². The second-order valence-electron chi connectivity index (χ2n) is 3.66. The molecule has 1 aromatic heterocycles. The van der Waals surface area contributed by atoms with E-state index in [1.165, 1.54) is 0 Å². The molecular formula is C12H15N3O2. The minimum Gasteiger partial charge on any atom is -0.497 e. The van der Waals surface area contributed by atoms with E-state index in [4.69, 9.17) is 9.26 Å². The zero-order valence-corrected chi connectivity index (χ0v) is 9.93. The first-order chi connectivity index (χ1) is 8.31. The SMILES string of the molecule is CNCc1nc(Cc2ccc(OC)cc2)no1. The van der Waals surface area contributed by atoms with Gasteiger partial charge in [0.1, 0.15) is 5.75 Å². The molecule has 0 saturated carbocycles. The van der Waals surface area contributed by atoms with Crippen molar-refractivity contribution in [2.24, 2.45) is 0 Å². The van der Waals surface area contributed by atoms with Crippen molar-refractivity contribution in [3.8, 4) is 5.75 Å². The Morgan fingerprint density at radius 1 is 1.29 bits per heavy atom. The lowest BCUT2D eigenvalue weighted by Crippen LogP contribution is -2.05. The van der Waals surface area contributed by atoms with Crippen LogP contribution < -0.4 is 10.1 Å². The fraction of sp³-hybridized carbons (Fsp3) is 0.333. The average Bonchev–Trinajstić information content (AvgIpc) is 2.78. The molecule has 0 aliphatic heterocycles. The largest absolute Gasteiger partial charge is 0.497 e. The van der Waals surface area contributed by atoms with Crippen LogP contribution >= 0.6 is 0 Å². The first-order valence-electron chi connectivity index (χ1n) is 5.41. The van der Waals surface area contributed by atoms with E-state index in [1.807, 2.05) is 31.3 Å². The predicted molar refractivity (Wildman–Crippen MR) is 62.9 cm³/mol. The second-order valence-corrected chi connectivity index (χ2v) is 3.66. The van der Waals surface area contributed by atoms with Gasteiger partial charge in [0.25, 0.3) is 0 Å². The number of rotatable bonds is 5. The monoisotopic (exact) mass is 233 g/mol. The van der Waals surface area contributed by atoms with Crippen LogP contribution in [0.3, 0.4) is 0 Å². The fourth-order valence-electron chi connectivity index (χ4n) is 1.51. The van der Waals surface area contributed by atoms with Crippen LogP contribution in [0, 0.1) is 0 Å². The lowest BCUT2D eigenvalue weighted by Gasteiger charge is -2.00. The van der Waals surface area contributed by atoms with E-state index in [0.29, 0.717) is 24.7 Å². The number of nitrogens with zero attached hydrogens (tertiary/aromatic N) is 2. The minimum atomic E-state index is 0.593. The lowest BCUT2D eigenvalue weighted by atomic mass is 10.1. The first-order valence-corrected chi connectivity index (χ1v) is 5.41. The van der Waals surface area contributed by atoms with Gasteiger partial charge < -0.3 is 14.6 Å². The van der Waals surface area contributed by atoms with E-state index in [0.717, 1.165) is 11.3 Å². The summed E-state index contributed by atoms with van der Waals surface area (Å²) in [6.45, 7) is 0.593. The molecule has 0 amide bonds. The number of hydrogen-bond donors (Lipinski definition) is 1. The number of aromatic nitrogens is 2. The van der Waals surface area contributed by atoms with Crippen molar-refractivity contribution in [3.63, 3.8) is 0 Å². The number of ether oxygens (including phenoxy) is 1. The number of hydrogen-bond acceptors (Lipinski definition) is 5. The van der Waals surface area contributed by atoms with Gasteiger partial charge in [-0.15, -0.1) is 0 Å². The molecule has 0 radical (unpaired) electrons. The predicted octanol–water partition coefficient (Wildman–Crippen LogP) is 1.39. The van der Waals surface area contributed by atoms with Gasteiger partial charge >= 0.3 is 0 Å². The first kappa shape index (κ1) is 11.6. The van der Waals surface area contributed by atoms with E-state index in [9.17, 15) is 0 Å². The summed E-state index contributed by atoms with van der Waals surface area (Å²) in [7, 11) is 3.49. The Labute approximate surface area is 99.8 Å². The molecule has 1 N–H and O–H groups in total. The van der Waals surface area contributed by atoms with E-state index < -0.39 is 0 Å². The molecule has 90 valence electrons. The fourth-order valence-corrected chi connectivity index (χ4v) is 1.51. The second kappa shape index (κ2) is 5.45. The van der Waals surface area contributed by atoms with Crippen LogP contribution in [0.5, 0.6) is 5.75 Å². The lowest BCUT2D eigenvalue weighted by molar-refractivity contribution is 0.367. The summed E-state index contributed by atoms with van der Waals surface area (Å²) >= 11 is 0. The van der Waals surface area contributed by atoms with Crippen molar-refractivity contribution < 1.29 is 9.26 Å². The van der Waals surface area contributed by atoms with E-state index in [-0.39, 0.29) is 0 Å². The third-order valence-corrected chi connectivity index (χ3v) is 2.36. The molecule has 0 aliphatic carbocycles. The smallest absolute Gasteiger partial charge is 0.240 e. The summed E-state index contributed by atoms with van der Waals surface area (Å²) in [5.41, 5.74) is 1.13. The van der Waals surface area contributed by atoms with Crippen molar-refractivity contribution in [2.75, 3.05) is 14.2 Å². The summed E-state index contributed by atoms with van der Waals surface area (Å²) in [5.74, 6) is 2.15. The van der Waals surface area contributed by atoms with Gasteiger partial charge in [0.05, 0.1) is 13.7 Å². The molecule has 0 bridgehead atoms. The maximum absolute atomic E-state index is 5.10. The molecule has 2 rings (SSSR count). The zero-order chi connectivity index (χ0) is 12.1. The topological polar surface area (TPSA) is 60.2 Å². The summed E-state index contributed by atoms with van der Waals surface area (Å²) in [4.78, 5) is 4.27. The number of methoxy groups -OCH3 is 1. The van der Waals surface area contributed by atoms with Gasteiger partial charge in [-0.1, -0.05) is 17.3 Å². The highest BCUT2D eigenvalue weighted by Gasteiger charge is 2.06. The van der Waals surface area contributed by atoms with Gasteiger partial charge in [0.2, 0.25) is 5.89 Å². The third-order valence-electron chi connectivity index (χ3n) is 2.36. The van der Waals surface area contributed by atoms with Crippen molar-refractivity contribution in [1.29, 1.82) is 0 Å². The highest BCUT2D eigenvalue weighted by Crippen LogP contribution is 2.13. The minimum absolute atomic E-state index is 0.593. The van der Waals surface area contributed by atoms with E-state index >= 15 is 0 Å². The highest BCUT2D eigenvalue weighted by molar-refractivity contribution is 5.28. The van der Waals surface area contributed by atoms with Gasteiger partial charge in [-0.3, -0.25) is 0 Å². The van der Waals surface area contributed by atoms with E-state index in [1.54, 1.807) is 7.11 Å². The van der Waals surface area contributed by atoms with Crippen molar-refractivity contribution in [3.05, 3.63) is 41.5 Å². The standard InChI is InChI=1S/C12H15N3O2/c1-13-8-12-14-11(15-17-12)7-9-3-5-10(16-2)6-4-9/h3-6,13H,7-8H2,1-2H3. The maximum Gasteiger partial charge on any atom is 0.240 e. The quantitative estimate of drug-likeness (QED) is 0.845. The molecule has 0 unspecified atom stereocenters. The molecule has 1 aromatic carbocycles. The Kier molecular flexibility index (Phi) is 3.72. The molecule has 5 heteroatoms. The molecule has 0 fully saturated rings. The Bertz CT molecular complexity index is 465. The Balaban J connectivity index is 2.03. The van der Waals surface area contributed by atoms with Crippen LogP contribution in [-0.2, 0) is 13.0 Å². The molecule has 2 aromatic rings. The van der Waals surface area contributed by atoms with Crippen LogP contribution in [0.25, 0.3) is 0 Å².